The van der Waals surface area contributed by atoms with Crippen molar-refractivity contribution in [2.45, 2.75) is 19.9 Å². The number of nitrogens with one attached hydrogen (secondary N) is 1. The van der Waals surface area contributed by atoms with Crippen LogP contribution in [-0.2, 0) is 6.54 Å². The van der Waals surface area contributed by atoms with Crippen molar-refractivity contribution in [3.05, 3.63) is 65.7 Å². The van der Waals surface area contributed by atoms with Gasteiger partial charge in [0, 0.05) is 25.2 Å². The van der Waals surface area contributed by atoms with E-state index in [1.807, 2.05) is 18.2 Å². The molecule has 0 saturated carbocycles. The highest BCUT2D eigenvalue weighted by Crippen LogP contribution is 2.30. The molecule has 1 aliphatic rings. The van der Waals surface area contributed by atoms with E-state index >= 15 is 0 Å². The van der Waals surface area contributed by atoms with E-state index in [4.69, 9.17) is 9.73 Å². The molecule has 28 heavy (non-hydrogen) atoms. The summed E-state index contributed by atoms with van der Waals surface area (Å²) in [5.74, 6) is 1.49. The Morgan fingerprint density at radius 1 is 1.18 bits per heavy atom. The predicted molar refractivity (Wildman–Crippen MR) is 125 cm³/mol. The molecule has 2 aromatic carbocycles. The lowest BCUT2D eigenvalue weighted by Gasteiger charge is -2.30. The first-order valence-electron chi connectivity index (χ1n) is 9.35. The number of hydrogen-bond donors (Lipinski definition) is 2. The molecule has 0 saturated heterocycles. The Kier molecular flexibility index (Phi) is 8.63. The molecule has 0 aromatic heterocycles. The van der Waals surface area contributed by atoms with E-state index in [0.717, 1.165) is 37.6 Å². The van der Waals surface area contributed by atoms with Crippen LogP contribution in [0.1, 0.15) is 24.5 Å². The number of phenols is 1. The summed E-state index contributed by atoms with van der Waals surface area (Å²) in [6.07, 6.45) is 3.26. The number of para-hydroxylation sites is 1. The molecule has 1 heterocycles. The minimum Gasteiger partial charge on any atom is -0.504 e. The van der Waals surface area contributed by atoms with Gasteiger partial charge in [-0.25, -0.2) is 4.99 Å². The van der Waals surface area contributed by atoms with Crippen LogP contribution in [0, 0.1) is 0 Å². The van der Waals surface area contributed by atoms with E-state index in [0.29, 0.717) is 12.3 Å². The average Bonchev–Trinajstić information content (AvgIpc) is 2.73. The average molecular weight is 493 g/mol. The Morgan fingerprint density at radius 2 is 1.96 bits per heavy atom. The van der Waals surface area contributed by atoms with Crippen LogP contribution in [0.3, 0.4) is 0 Å². The molecule has 0 unspecified atom stereocenters. The van der Waals surface area contributed by atoms with Gasteiger partial charge in [0.25, 0.3) is 0 Å². The van der Waals surface area contributed by atoms with Gasteiger partial charge in [-0.3, -0.25) is 0 Å². The summed E-state index contributed by atoms with van der Waals surface area (Å²) < 4.78 is 5.18. The Morgan fingerprint density at radius 3 is 2.61 bits per heavy atom. The molecular formula is C22H28IN3O2. The first-order chi connectivity index (χ1) is 13.2. The fraction of sp³-hybridized carbons (Fsp3) is 0.318. The molecule has 0 amide bonds. The number of aromatic hydroxyl groups is 1. The van der Waals surface area contributed by atoms with Crippen molar-refractivity contribution < 1.29 is 9.84 Å². The molecule has 1 aliphatic heterocycles. The summed E-state index contributed by atoms with van der Waals surface area (Å²) in [6.45, 7) is 5.00. The second-order valence-corrected chi connectivity index (χ2v) is 6.43. The van der Waals surface area contributed by atoms with Gasteiger partial charge in [0.05, 0.1) is 13.7 Å². The standard InChI is InChI=1S/C22H27N3O2.HI/c1-3-23-22(24-16-19-10-7-11-20(27-2)21(19)26)25-14-12-18(13-15-25)17-8-5-4-6-9-17;/h4-12,26H,3,13-16H2,1-2H3,(H,23,24);1H. The highest BCUT2D eigenvalue weighted by Gasteiger charge is 2.16. The number of aliphatic imine (C=N–C) groups is 1. The van der Waals surface area contributed by atoms with Gasteiger partial charge in [0.15, 0.2) is 17.5 Å². The largest absolute Gasteiger partial charge is 0.504 e. The molecule has 0 bridgehead atoms. The van der Waals surface area contributed by atoms with E-state index in [9.17, 15) is 5.11 Å². The quantitative estimate of drug-likeness (QED) is 0.371. The number of nitrogens with zero attached hydrogens (tertiary/aromatic N) is 2. The van der Waals surface area contributed by atoms with Gasteiger partial charge in [-0.2, -0.15) is 0 Å². The third-order valence-electron chi connectivity index (χ3n) is 4.69. The van der Waals surface area contributed by atoms with Crippen LogP contribution in [0.5, 0.6) is 11.5 Å². The Labute approximate surface area is 184 Å². The zero-order valence-corrected chi connectivity index (χ0v) is 18.7. The van der Waals surface area contributed by atoms with Gasteiger partial charge >= 0.3 is 0 Å². The Bertz CT molecular complexity index is 822. The molecule has 2 N–H and O–H groups in total. The van der Waals surface area contributed by atoms with Crippen LogP contribution < -0.4 is 10.1 Å². The maximum atomic E-state index is 10.3. The summed E-state index contributed by atoms with van der Waals surface area (Å²) in [7, 11) is 1.55. The highest BCUT2D eigenvalue weighted by atomic mass is 127. The maximum absolute atomic E-state index is 10.3. The number of ether oxygens (including phenoxy) is 1. The van der Waals surface area contributed by atoms with E-state index < -0.39 is 0 Å². The number of halogens is 1. The topological polar surface area (TPSA) is 57.1 Å². The van der Waals surface area contributed by atoms with E-state index in [-0.39, 0.29) is 29.7 Å². The smallest absolute Gasteiger partial charge is 0.194 e. The van der Waals surface area contributed by atoms with Crippen LogP contribution in [0.25, 0.3) is 5.57 Å². The first-order valence-corrected chi connectivity index (χ1v) is 9.35. The van der Waals surface area contributed by atoms with Crippen molar-refractivity contribution >= 4 is 35.5 Å². The third kappa shape index (κ3) is 5.41. The summed E-state index contributed by atoms with van der Waals surface area (Å²) in [5.41, 5.74) is 3.43. The predicted octanol–water partition coefficient (Wildman–Crippen LogP) is 4.27. The number of phenolic OH excluding ortho intramolecular Hbond substituents is 1. The van der Waals surface area contributed by atoms with Crippen molar-refractivity contribution in [2.24, 2.45) is 4.99 Å². The van der Waals surface area contributed by atoms with Gasteiger partial charge in [-0.05, 0) is 30.5 Å². The third-order valence-corrected chi connectivity index (χ3v) is 4.69. The molecular weight excluding hydrogens is 465 g/mol. The summed E-state index contributed by atoms with van der Waals surface area (Å²) in [5, 5.41) is 13.6. The summed E-state index contributed by atoms with van der Waals surface area (Å²) >= 11 is 0. The molecule has 2 aromatic rings. The molecule has 0 atom stereocenters. The summed E-state index contributed by atoms with van der Waals surface area (Å²) in [4.78, 5) is 6.97. The van der Waals surface area contributed by atoms with Gasteiger partial charge in [-0.15, -0.1) is 24.0 Å². The number of methoxy groups -OCH3 is 1. The van der Waals surface area contributed by atoms with Gasteiger partial charge < -0.3 is 20.1 Å². The number of rotatable bonds is 5. The molecule has 3 rings (SSSR count). The van der Waals surface area contributed by atoms with Crippen LogP contribution in [0.15, 0.2) is 59.6 Å². The van der Waals surface area contributed by atoms with E-state index in [1.165, 1.54) is 11.1 Å². The summed E-state index contributed by atoms with van der Waals surface area (Å²) in [6, 6.07) is 16.0. The van der Waals surface area contributed by atoms with Crippen molar-refractivity contribution in [3.63, 3.8) is 0 Å². The fourth-order valence-electron chi connectivity index (χ4n) is 3.22. The van der Waals surface area contributed by atoms with E-state index in [2.05, 4.69) is 47.5 Å². The fourth-order valence-corrected chi connectivity index (χ4v) is 3.22. The highest BCUT2D eigenvalue weighted by molar-refractivity contribution is 14.0. The van der Waals surface area contributed by atoms with Gasteiger partial charge in [0.1, 0.15) is 0 Å². The normalized spacial score (nSPS) is 14.1. The molecule has 0 aliphatic carbocycles. The monoisotopic (exact) mass is 493 g/mol. The van der Waals surface area contributed by atoms with Crippen LogP contribution >= 0.6 is 24.0 Å². The second kappa shape index (κ2) is 10.9. The lowest BCUT2D eigenvalue weighted by atomic mass is 10.00. The van der Waals surface area contributed by atoms with E-state index in [1.54, 1.807) is 13.2 Å². The first kappa shape index (κ1) is 22.1. The Balaban J connectivity index is 0.00000280. The molecule has 0 fully saturated rings. The van der Waals surface area contributed by atoms with Crippen LogP contribution in [-0.4, -0.2) is 42.7 Å². The molecule has 150 valence electrons. The lowest BCUT2D eigenvalue weighted by molar-refractivity contribution is 0.370. The minimum absolute atomic E-state index is 0. The Hall–Kier alpha value is -2.22. The number of hydrogen-bond acceptors (Lipinski definition) is 3. The van der Waals surface area contributed by atoms with Crippen molar-refractivity contribution in [1.29, 1.82) is 0 Å². The molecule has 0 spiro atoms. The second-order valence-electron chi connectivity index (χ2n) is 6.43. The lowest BCUT2D eigenvalue weighted by Crippen LogP contribution is -2.43. The molecule has 0 radical (unpaired) electrons. The van der Waals surface area contributed by atoms with Crippen molar-refractivity contribution in [2.75, 3.05) is 26.7 Å². The molecule has 5 nitrogen and oxygen atoms in total. The minimum atomic E-state index is 0. The van der Waals surface area contributed by atoms with Crippen molar-refractivity contribution in [1.82, 2.24) is 10.2 Å². The van der Waals surface area contributed by atoms with Crippen LogP contribution in [0.4, 0.5) is 0 Å². The number of guanidine groups is 1. The van der Waals surface area contributed by atoms with Crippen molar-refractivity contribution in [3.8, 4) is 11.5 Å². The van der Waals surface area contributed by atoms with Crippen LogP contribution in [0.2, 0.25) is 0 Å². The zero-order chi connectivity index (χ0) is 19.1. The maximum Gasteiger partial charge on any atom is 0.194 e. The van der Waals surface area contributed by atoms with Gasteiger partial charge in [-0.1, -0.05) is 48.5 Å². The molecule has 6 heteroatoms. The SMILES string of the molecule is CCNC(=NCc1cccc(OC)c1O)N1CC=C(c2ccccc2)CC1.I. The number of benzene rings is 2. The van der Waals surface area contributed by atoms with Gasteiger partial charge in [0.2, 0.25) is 0 Å². The zero-order valence-electron chi connectivity index (χ0n) is 16.4.